The molecule has 2 aromatic rings. The first-order valence-corrected chi connectivity index (χ1v) is 6.89. The van der Waals surface area contributed by atoms with E-state index in [9.17, 15) is 0 Å². The number of aliphatic imine (C=N–C) groups is 1. The topological polar surface area (TPSA) is 25.2 Å². The summed E-state index contributed by atoms with van der Waals surface area (Å²) in [5.41, 5.74) is 2.81. The lowest BCUT2D eigenvalue weighted by Crippen LogP contribution is -1.80. The number of fused-ring (bicyclic) bond motifs is 1. The van der Waals surface area contributed by atoms with E-state index < -0.39 is 0 Å². The fourth-order valence-electron chi connectivity index (χ4n) is 1.51. The van der Waals surface area contributed by atoms with Crippen LogP contribution in [-0.4, -0.2) is 11.2 Å². The van der Waals surface area contributed by atoms with Gasteiger partial charge in [-0.2, -0.15) is 0 Å². The van der Waals surface area contributed by atoms with Crippen LogP contribution in [0.15, 0.2) is 41.4 Å². The number of halogens is 1. The van der Waals surface area contributed by atoms with E-state index in [4.69, 9.17) is 11.6 Å². The van der Waals surface area contributed by atoms with Crippen molar-refractivity contribution < 1.29 is 0 Å². The van der Waals surface area contributed by atoms with Gasteiger partial charge in [0.15, 0.2) is 0 Å². The van der Waals surface area contributed by atoms with Crippen LogP contribution in [0.2, 0.25) is 5.15 Å². The summed E-state index contributed by atoms with van der Waals surface area (Å²) >= 11 is 7.56. The van der Waals surface area contributed by atoms with Crippen molar-refractivity contribution in [1.29, 1.82) is 0 Å². The lowest BCUT2D eigenvalue weighted by atomic mass is 10.1. The molecule has 0 unspecified atom stereocenters. The van der Waals surface area contributed by atoms with Gasteiger partial charge in [-0.05, 0) is 30.2 Å². The lowest BCUT2D eigenvalue weighted by Gasteiger charge is -1.97. The number of thiophene rings is 1. The molecule has 2 heterocycles. The number of allylic oxidation sites excluding steroid dienone is 2. The molecular formula is C14H13ClN2S. The third-order valence-corrected chi connectivity index (χ3v) is 3.53. The maximum Gasteiger partial charge on any atom is 0.129 e. The van der Waals surface area contributed by atoms with Gasteiger partial charge in [0.1, 0.15) is 5.15 Å². The Bertz CT molecular complexity index is 626. The van der Waals surface area contributed by atoms with Gasteiger partial charge in [0, 0.05) is 23.4 Å². The maximum atomic E-state index is 5.92. The highest BCUT2D eigenvalue weighted by atomic mass is 35.5. The van der Waals surface area contributed by atoms with E-state index in [-0.39, 0.29) is 0 Å². The minimum atomic E-state index is 0.503. The third kappa shape index (κ3) is 2.86. The molecule has 0 aliphatic rings. The van der Waals surface area contributed by atoms with Crippen LogP contribution in [0.25, 0.3) is 15.8 Å². The van der Waals surface area contributed by atoms with Crippen molar-refractivity contribution in [1.82, 2.24) is 4.98 Å². The van der Waals surface area contributed by atoms with E-state index >= 15 is 0 Å². The Balaban J connectivity index is 2.30. The average molecular weight is 277 g/mol. The molecule has 0 saturated heterocycles. The van der Waals surface area contributed by atoms with Gasteiger partial charge in [-0.25, -0.2) is 4.98 Å². The van der Waals surface area contributed by atoms with Crippen molar-refractivity contribution in [2.24, 2.45) is 4.99 Å². The average Bonchev–Trinajstić information content (AvgIpc) is 2.77. The molecular weight excluding hydrogens is 264 g/mol. The van der Waals surface area contributed by atoms with Crippen molar-refractivity contribution in [3.8, 4) is 0 Å². The Kier molecular flexibility index (Phi) is 4.28. The zero-order chi connectivity index (χ0) is 13.0. The van der Waals surface area contributed by atoms with E-state index in [1.54, 1.807) is 23.6 Å². The van der Waals surface area contributed by atoms with E-state index in [0.717, 1.165) is 27.8 Å². The molecule has 92 valence electrons. The second-order valence-electron chi connectivity index (χ2n) is 3.71. The highest BCUT2D eigenvalue weighted by molar-refractivity contribution is 7.17. The first-order valence-electron chi connectivity index (χ1n) is 5.63. The van der Waals surface area contributed by atoms with Crippen LogP contribution < -0.4 is 0 Å². The molecule has 0 aromatic carbocycles. The monoisotopic (exact) mass is 276 g/mol. The Labute approximate surface area is 115 Å². The molecule has 18 heavy (non-hydrogen) atoms. The second-order valence-corrected chi connectivity index (χ2v) is 5.01. The normalized spacial score (nSPS) is 11.9. The van der Waals surface area contributed by atoms with E-state index in [1.165, 1.54) is 0 Å². The Morgan fingerprint density at radius 2 is 2.39 bits per heavy atom. The van der Waals surface area contributed by atoms with Gasteiger partial charge >= 0.3 is 0 Å². The van der Waals surface area contributed by atoms with Gasteiger partial charge < -0.3 is 0 Å². The van der Waals surface area contributed by atoms with Crippen molar-refractivity contribution >= 4 is 44.9 Å². The van der Waals surface area contributed by atoms with Crippen molar-refractivity contribution in [2.45, 2.75) is 13.3 Å². The number of pyridine rings is 1. The maximum absolute atomic E-state index is 5.92. The molecule has 0 spiro atoms. The summed E-state index contributed by atoms with van der Waals surface area (Å²) in [4.78, 5) is 8.47. The van der Waals surface area contributed by atoms with Crippen LogP contribution in [0.1, 0.15) is 18.9 Å². The van der Waals surface area contributed by atoms with Gasteiger partial charge in [-0.3, -0.25) is 4.99 Å². The van der Waals surface area contributed by atoms with Crippen molar-refractivity contribution in [3.05, 3.63) is 47.1 Å². The SMILES string of the molecule is C=C(/C=C\N=CCC)c1csc2ccc(Cl)nc12. The Morgan fingerprint density at radius 3 is 3.17 bits per heavy atom. The van der Waals surface area contributed by atoms with Gasteiger partial charge in [0.05, 0.1) is 10.2 Å². The summed E-state index contributed by atoms with van der Waals surface area (Å²) in [5, 5.41) is 2.55. The van der Waals surface area contributed by atoms with E-state index in [0.29, 0.717) is 5.15 Å². The van der Waals surface area contributed by atoms with Crippen LogP contribution in [-0.2, 0) is 0 Å². The molecule has 0 bridgehead atoms. The predicted molar refractivity (Wildman–Crippen MR) is 81.6 cm³/mol. The number of nitrogens with zero attached hydrogens (tertiary/aromatic N) is 2. The van der Waals surface area contributed by atoms with Crippen molar-refractivity contribution in [2.75, 3.05) is 0 Å². The highest BCUT2D eigenvalue weighted by Crippen LogP contribution is 2.30. The zero-order valence-corrected chi connectivity index (χ0v) is 11.6. The predicted octanol–water partition coefficient (Wildman–Crippen LogP) is 4.96. The molecule has 0 fully saturated rings. The number of aromatic nitrogens is 1. The van der Waals surface area contributed by atoms with Crippen LogP contribution in [0.3, 0.4) is 0 Å². The van der Waals surface area contributed by atoms with Crippen LogP contribution >= 0.6 is 22.9 Å². The minimum absolute atomic E-state index is 0.503. The van der Waals surface area contributed by atoms with Crippen LogP contribution in [0.5, 0.6) is 0 Å². The minimum Gasteiger partial charge on any atom is -0.269 e. The summed E-state index contributed by atoms with van der Waals surface area (Å²) in [6, 6.07) is 3.78. The highest BCUT2D eigenvalue weighted by Gasteiger charge is 2.07. The molecule has 0 radical (unpaired) electrons. The Morgan fingerprint density at radius 1 is 1.56 bits per heavy atom. The number of hydrogen-bond acceptors (Lipinski definition) is 3. The van der Waals surface area contributed by atoms with Crippen molar-refractivity contribution in [3.63, 3.8) is 0 Å². The Hall–Kier alpha value is -1.45. The lowest BCUT2D eigenvalue weighted by molar-refractivity contribution is 1.31. The molecule has 0 aliphatic carbocycles. The fourth-order valence-corrected chi connectivity index (χ4v) is 2.57. The summed E-state index contributed by atoms with van der Waals surface area (Å²) in [7, 11) is 0. The molecule has 0 atom stereocenters. The molecule has 0 amide bonds. The summed E-state index contributed by atoms with van der Waals surface area (Å²) in [6.07, 6.45) is 6.41. The third-order valence-electron chi connectivity index (χ3n) is 2.38. The molecule has 0 N–H and O–H groups in total. The quantitative estimate of drug-likeness (QED) is 0.440. The fraction of sp³-hybridized carbons (Fsp3) is 0.143. The van der Waals surface area contributed by atoms with Crippen LogP contribution in [0.4, 0.5) is 0 Å². The molecule has 2 rings (SSSR count). The summed E-state index contributed by atoms with van der Waals surface area (Å²) in [5.74, 6) is 0. The molecule has 0 aliphatic heterocycles. The van der Waals surface area contributed by atoms with E-state index in [1.807, 2.05) is 30.7 Å². The zero-order valence-electron chi connectivity index (χ0n) is 10.1. The van der Waals surface area contributed by atoms with Crippen LogP contribution in [0, 0.1) is 0 Å². The second kappa shape index (κ2) is 5.94. The van der Waals surface area contributed by atoms with E-state index in [2.05, 4.69) is 16.6 Å². The number of hydrogen-bond donors (Lipinski definition) is 0. The van der Waals surface area contributed by atoms with Gasteiger partial charge in [0.2, 0.25) is 0 Å². The molecule has 2 aromatic heterocycles. The first-order chi connectivity index (χ1) is 8.72. The summed E-state index contributed by atoms with van der Waals surface area (Å²) in [6.45, 7) is 6.08. The molecule has 4 heteroatoms. The largest absolute Gasteiger partial charge is 0.269 e. The summed E-state index contributed by atoms with van der Waals surface area (Å²) < 4.78 is 1.11. The van der Waals surface area contributed by atoms with Gasteiger partial charge in [-0.1, -0.05) is 25.1 Å². The number of rotatable bonds is 4. The van der Waals surface area contributed by atoms with Gasteiger partial charge in [0.25, 0.3) is 0 Å². The molecule has 0 saturated carbocycles. The first kappa shape index (κ1) is 13.0. The van der Waals surface area contributed by atoms with Gasteiger partial charge in [-0.15, -0.1) is 11.3 Å². The standard InChI is InChI=1S/C14H13ClN2S/c1-3-7-16-8-6-10(2)11-9-18-12-4-5-13(15)17-14(11)12/h4-9H,2-3H2,1H3/b8-6-,16-7?. The molecule has 2 nitrogen and oxygen atoms in total. The smallest absolute Gasteiger partial charge is 0.129 e.